The Balaban J connectivity index is 1.90. The maximum atomic E-state index is 13.3. The molecular weight excluding hydrogens is 259 g/mol. The number of hydrogen-bond donors (Lipinski definition) is 0. The van der Waals surface area contributed by atoms with E-state index in [0.29, 0.717) is 0 Å². The fourth-order valence-electron chi connectivity index (χ4n) is 1.86. The van der Waals surface area contributed by atoms with Gasteiger partial charge in [-0.05, 0) is 23.8 Å². The Morgan fingerprint density at radius 2 is 1.89 bits per heavy atom. The first-order valence-corrected chi connectivity index (χ1v) is 6.89. The Morgan fingerprint density at radius 3 is 2.74 bits per heavy atom. The predicted octanol–water partition coefficient (Wildman–Crippen LogP) is 4.06. The summed E-state index contributed by atoms with van der Waals surface area (Å²) < 4.78 is 13.3. The third-order valence-corrected chi connectivity index (χ3v) is 3.92. The SMILES string of the molecule is Fc1ccc2nncc(SCc3ccccc3)c2c1. The van der Waals surface area contributed by atoms with Crippen LogP contribution in [0.5, 0.6) is 0 Å². The van der Waals surface area contributed by atoms with Crippen molar-refractivity contribution in [2.24, 2.45) is 0 Å². The summed E-state index contributed by atoms with van der Waals surface area (Å²) in [5.41, 5.74) is 1.95. The van der Waals surface area contributed by atoms with Gasteiger partial charge >= 0.3 is 0 Å². The first kappa shape index (κ1) is 12.1. The van der Waals surface area contributed by atoms with Gasteiger partial charge in [-0.15, -0.1) is 11.8 Å². The lowest BCUT2D eigenvalue weighted by Gasteiger charge is -2.05. The Labute approximate surface area is 114 Å². The fourth-order valence-corrected chi connectivity index (χ4v) is 2.81. The summed E-state index contributed by atoms with van der Waals surface area (Å²) in [6, 6.07) is 14.7. The molecule has 4 heteroatoms. The standard InChI is InChI=1S/C15H11FN2S/c16-12-6-7-14-13(8-12)15(9-17-18-14)19-10-11-4-2-1-3-5-11/h1-9H,10H2. The molecule has 0 radical (unpaired) electrons. The van der Waals surface area contributed by atoms with Crippen LogP contribution < -0.4 is 0 Å². The molecule has 3 aromatic rings. The van der Waals surface area contributed by atoms with E-state index in [4.69, 9.17) is 0 Å². The number of halogens is 1. The molecule has 0 unspecified atom stereocenters. The van der Waals surface area contributed by atoms with Gasteiger partial charge in [0.15, 0.2) is 0 Å². The van der Waals surface area contributed by atoms with Crippen LogP contribution >= 0.6 is 11.8 Å². The van der Waals surface area contributed by atoms with Crippen molar-refractivity contribution >= 4 is 22.7 Å². The van der Waals surface area contributed by atoms with Crippen molar-refractivity contribution in [3.8, 4) is 0 Å². The lowest BCUT2D eigenvalue weighted by Crippen LogP contribution is -1.88. The summed E-state index contributed by atoms with van der Waals surface area (Å²) in [5.74, 6) is 0.583. The van der Waals surface area contributed by atoms with E-state index in [1.165, 1.54) is 17.7 Å². The molecule has 19 heavy (non-hydrogen) atoms. The molecule has 0 saturated carbocycles. The second-order valence-electron chi connectivity index (χ2n) is 4.14. The number of hydrogen-bond acceptors (Lipinski definition) is 3. The van der Waals surface area contributed by atoms with Gasteiger partial charge in [0.1, 0.15) is 5.82 Å². The van der Waals surface area contributed by atoms with Gasteiger partial charge < -0.3 is 0 Å². The lowest BCUT2D eigenvalue weighted by molar-refractivity contribution is 0.629. The van der Waals surface area contributed by atoms with Gasteiger partial charge in [0.05, 0.1) is 11.7 Å². The summed E-state index contributed by atoms with van der Waals surface area (Å²) in [4.78, 5) is 0.952. The zero-order valence-corrected chi connectivity index (χ0v) is 10.9. The highest BCUT2D eigenvalue weighted by Gasteiger charge is 2.05. The van der Waals surface area contributed by atoms with Crippen LogP contribution in [0.1, 0.15) is 5.56 Å². The number of rotatable bonds is 3. The number of benzene rings is 2. The van der Waals surface area contributed by atoms with Crippen molar-refractivity contribution < 1.29 is 4.39 Å². The summed E-state index contributed by atoms with van der Waals surface area (Å²) in [6.45, 7) is 0. The fraction of sp³-hybridized carbons (Fsp3) is 0.0667. The minimum Gasteiger partial charge on any atom is -0.207 e. The molecule has 0 aliphatic rings. The van der Waals surface area contributed by atoms with E-state index < -0.39 is 0 Å². The first-order chi connectivity index (χ1) is 9.33. The van der Waals surface area contributed by atoms with Crippen molar-refractivity contribution in [1.82, 2.24) is 10.2 Å². The highest BCUT2D eigenvalue weighted by Crippen LogP contribution is 2.28. The summed E-state index contributed by atoms with van der Waals surface area (Å²) in [5, 5.41) is 8.79. The minimum absolute atomic E-state index is 0.248. The zero-order valence-electron chi connectivity index (χ0n) is 10.1. The van der Waals surface area contributed by atoms with Gasteiger partial charge in [-0.25, -0.2) is 4.39 Å². The van der Waals surface area contributed by atoms with Crippen molar-refractivity contribution in [3.63, 3.8) is 0 Å². The van der Waals surface area contributed by atoms with E-state index in [9.17, 15) is 4.39 Å². The van der Waals surface area contributed by atoms with Gasteiger partial charge in [0.2, 0.25) is 0 Å². The van der Waals surface area contributed by atoms with Crippen LogP contribution in [0.2, 0.25) is 0 Å². The molecule has 0 bridgehead atoms. The summed E-state index contributed by atoms with van der Waals surface area (Å²) in [7, 11) is 0. The average molecular weight is 270 g/mol. The van der Waals surface area contributed by atoms with Crippen molar-refractivity contribution in [2.75, 3.05) is 0 Å². The van der Waals surface area contributed by atoms with Gasteiger partial charge in [-0.2, -0.15) is 10.2 Å². The molecular formula is C15H11FN2S. The largest absolute Gasteiger partial charge is 0.207 e. The van der Waals surface area contributed by atoms with Crippen LogP contribution in [0.3, 0.4) is 0 Å². The van der Waals surface area contributed by atoms with E-state index >= 15 is 0 Å². The molecule has 0 aliphatic carbocycles. The van der Waals surface area contributed by atoms with E-state index in [2.05, 4.69) is 22.3 Å². The van der Waals surface area contributed by atoms with E-state index in [0.717, 1.165) is 21.6 Å². The molecule has 0 atom stereocenters. The highest BCUT2D eigenvalue weighted by atomic mass is 32.2. The lowest BCUT2D eigenvalue weighted by atomic mass is 10.2. The van der Waals surface area contributed by atoms with Gasteiger partial charge in [-0.1, -0.05) is 30.3 Å². The second kappa shape index (κ2) is 5.36. The normalized spacial score (nSPS) is 10.8. The molecule has 94 valence electrons. The monoisotopic (exact) mass is 270 g/mol. The van der Waals surface area contributed by atoms with Crippen LogP contribution in [0.15, 0.2) is 59.6 Å². The number of nitrogens with zero attached hydrogens (tertiary/aromatic N) is 2. The van der Waals surface area contributed by atoms with Crippen molar-refractivity contribution in [2.45, 2.75) is 10.6 Å². The quantitative estimate of drug-likeness (QED) is 0.671. The Bertz CT molecular complexity index is 701. The van der Waals surface area contributed by atoms with Crippen molar-refractivity contribution in [1.29, 1.82) is 0 Å². The smallest absolute Gasteiger partial charge is 0.124 e. The number of thioether (sulfide) groups is 1. The Morgan fingerprint density at radius 1 is 1.05 bits per heavy atom. The number of fused-ring (bicyclic) bond motifs is 1. The van der Waals surface area contributed by atoms with Crippen LogP contribution in [0, 0.1) is 5.82 Å². The van der Waals surface area contributed by atoms with Crippen LogP contribution in [-0.2, 0) is 5.75 Å². The van der Waals surface area contributed by atoms with Crippen LogP contribution in [-0.4, -0.2) is 10.2 Å². The maximum Gasteiger partial charge on any atom is 0.124 e. The predicted molar refractivity (Wildman–Crippen MR) is 75.5 cm³/mol. The third kappa shape index (κ3) is 2.74. The van der Waals surface area contributed by atoms with Crippen LogP contribution in [0.4, 0.5) is 4.39 Å². The van der Waals surface area contributed by atoms with Gasteiger partial charge in [0, 0.05) is 16.0 Å². The average Bonchev–Trinajstić information content (AvgIpc) is 2.46. The van der Waals surface area contributed by atoms with Gasteiger partial charge in [0.25, 0.3) is 0 Å². The second-order valence-corrected chi connectivity index (χ2v) is 5.16. The Hall–Kier alpha value is -1.94. The topological polar surface area (TPSA) is 25.8 Å². The minimum atomic E-state index is -0.248. The molecule has 0 amide bonds. The molecule has 0 aliphatic heterocycles. The molecule has 0 spiro atoms. The molecule has 2 aromatic carbocycles. The molecule has 0 fully saturated rings. The maximum absolute atomic E-state index is 13.3. The molecule has 0 N–H and O–H groups in total. The highest BCUT2D eigenvalue weighted by molar-refractivity contribution is 7.98. The molecule has 1 heterocycles. The summed E-state index contributed by atoms with van der Waals surface area (Å²) in [6.07, 6.45) is 1.69. The number of aromatic nitrogens is 2. The van der Waals surface area contributed by atoms with Crippen molar-refractivity contribution in [3.05, 3.63) is 66.1 Å². The van der Waals surface area contributed by atoms with Crippen LogP contribution in [0.25, 0.3) is 10.9 Å². The molecule has 3 rings (SSSR count). The first-order valence-electron chi connectivity index (χ1n) is 5.90. The Kier molecular flexibility index (Phi) is 3.42. The molecule has 2 nitrogen and oxygen atoms in total. The van der Waals surface area contributed by atoms with E-state index in [-0.39, 0.29) is 5.82 Å². The van der Waals surface area contributed by atoms with E-state index in [1.807, 2.05) is 18.2 Å². The molecule has 1 aromatic heterocycles. The third-order valence-electron chi connectivity index (χ3n) is 2.80. The molecule has 0 saturated heterocycles. The zero-order chi connectivity index (χ0) is 13.1. The van der Waals surface area contributed by atoms with E-state index in [1.54, 1.807) is 24.0 Å². The van der Waals surface area contributed by atoms with Gasteiger partial charge in [-0.3, -0.25) is 0 Å². The summed E-state index contributed by atoms with van der Waals surface area (Å²) >= 11 is 1.64.